The Labute approximate surface area is 90.3 Å². The number of hydrogen-bond acceptors (Lipinski definition) is 1. The van der Waals surface area contributed by atoms with E-state index >= 15 is 0 Å². The first-order valence-electron chi connectivity index (χ1n) is 6.05. The van der Waals surface area contributed by atoms with Crippen LogP contribution < -0.4 is 0 Å². The van der Waals surface area contributed by atoms with Gasteiger partial charge in [0.25, 0.3) is 0 Å². The van der Waals surface area contributed by atoms with Crippen LogP contribution in [0, 0.1) is 5.92 Å². The maximum atomic E-state index is 5.66. The van der Waals surface area contributed by atoms with Gasteiger partial charge in [-0.3, -0.25) is 0 Å². The largest absolute Gasteiger partial charge is 0.421 e. The fourth-order valence-electron chi connectivity index (χ4n) is 1.97. The summed E-state index contributed by atoms with van der Waals surface area (Å²) in [4.78, 5) is 0. The Bertz CT molecular complexity index is 166. The van der Waals surface area contributed by atoms with Crippen LogP contribution in [-0.2, 0) is 4.43 Å². The van der Waals surface area contributed by atoms with Gasteiger partial charge in [-0.15, -0.1) is 0 Å². The molecule has 0 aromatic heterocycles. The lowest BCUT2D eigenvalue weighted by molar-refractivity contribution is 0.303. The molecule has 1 atom stereocenters. The first-order valence-corrected chi connectivity index (χ1v) is 8.83. The maximum Gasteiger partial charge on any atom is 0.170 e. The van der Waals surface area contributed by atoms with Gasteiger partial charge in [-0.25, -0.2) is 0 Å². The van der Waals surface area contributed by atoms with Crippen molar-refractivity contribution in [2.75, 3.05) is 6.61 Å². The molecule has 1 nitrogen and oxygen atoms in total. The second kappa shape index (κ2) is 7.24. The molecule has 0 N–H and O–H groups in total. The quantitative estimate of drug-likeness (QED) is 0.372. The molecule has 0 spiro atoms. The average Bonchev–Trinajstić information content (AvgIpc) is 2.18. The molecule has 2 heteroatoms. The number of hydrogen-bond donors (Lipinski definition) is 0. The Morgan fingerprint density at radius 2 is 2.14 bits per heavy atom. The minimum absolute atomic E-state index is 0.758. The SMILES string of the molecule is C[SiH](C)OCCCCC1CC=CCC1. The standard InChI is InChI=1S/C12H24OSi/c1-14(2)13-11-7-6-10-12-8-4-3-5-9-12/h3-4,12,14H,5-11H2,1-2H3. The molecule has 0 heterocycles. The van der Waals surface area contributed by atoms with E-state index in [9.17, 15) is 0 Å². The van der Waals surface area contributed by atoms with Gasteiger partial charge in [-0.05, 0) is 44.7 Å². The zero-order valence-corrected chi connectivity index (χ0v) is 10.8. The minimum Gasteiger partial charge on any atom is -0.421 e. The average molecular weight is 212 g/mol. The van der Waals surface area contributed by atoms with Crippen molar-refractivity contribution in [3.8, 4) is 0 Å². The molecule has 0 radical (unpaired) electrons. The fourth-order valence-corrected chi connectivity index (χ4v) is 2.61. The number of unbranched alkanes of at least 4 members (excludes halogenated alkanes) is 1. The van der Waals surface area contributed by atoms with Crippen molar-refractivity contribution in [2.24, 2.45) is 5.92 Å². The van der Waals surface area contributed by atoms with Crippen LogP contribution in [0.2, 0.25) is 13.1 Å². The second-order valence-corrected chi connectivity index (χ2v) is 7.00. The molecule has 1 rings (SSSR count). The first-order chi connectivity index (χ1) is 6.79. The van der Waals surface area contributed by atoms with Crippen molar-refractivity contribution in [1.82, 2.24) is 0 Å². The molecular formula is C12H24OSi. The molecule has 1 aliphatic rings. The third-order valence-electron chi connectivity index (χ3n) is 2.84. The highest BCUT2D eigenvalue weighted by molar-refractivity contribution is 6.48. The predicted octanol–water partition coefficient (Wildman–Crippen LogP) is 3.51. The van der Waals surface area contributed by atoms with Crippen molar-refractivity contribution >= 4 is 9.04 Å². The second-order valence-electron chi connectivity index (χ2n) is 4.57. The summed E-state index contributed by atoms with van der Waals surface area (Å²) < 4.78 is 5.66. The molecule has 0 aromatic carbocycles. The van der Waals surface area contributed by atoms with E-state index in [1.54, 1.807) is 0 Å². The van der Waals surface area contributed by atoms with Crippen LogP contribution in [0.15, 0.2) is 12.2 Å². The summed E-state index contributed by atoms with van der Waals surface area (Å²) in [6.07, 6.45) is 12.8. The van der Waals surface area contributed by atoms with Crippen LogP contribution in [0.1, 0.15) is 38.5 Å². The predicted molar refractivity (Wildman–Crippen MR) is 65.2 cm³/mol. The zero-order valence-electron chi connectivity index (χ0n) is 9.67. The van der Waals surface area contributed by atoms with Gasteiger partial charge in [-0.1, -0.05) is 25.0 Å². The monoisotopic (exact) mass is 212 g/mol. The van der Waals surface area contributed by atoms with E-state index < -0.39 is 9.04 Å². The molecule has 0 aromatic rings. The molecule has 0 amide bonds. The summed E-state index contributed by atoms with van der Waals surface area (Å²) in [5, 5.41) is 0. The third kappa shape index (κ3) is 5.61. The van der Waals surface area contributed by atoms with Gasteiger partial charge in [0, 0.05) is 6.61 Å². The highest BCUT2D eigenvalue weighted by atomic mass is 28.3. The van der Waals surface area contributed by atoms with Gasteiger partial charge >= 0.3 is 0 Å². The Hall–Kier alpha value is -0.0831. The molecule has 0 fully saturated rings. The van der Waals surface area contributed by atoms with Crippen molar-refractivity contribution in [2.45, 2.75) is 51.6 Å². The van der Waals surface area contributed by atoms with Gasteiger partial charge in [0.05, 0.1) is 0 Å². The maximum absolute atomic E-state index is 5.66. The lowest BCUT2D eigenvalue weighted by Gasteiger charge is -2.17. The molecule has 1 aliphatic carbocycles. The van der Waals surface area contributed by atoms with E-state index in [0.717, 1.165) is 12.5 Å². The van der Waals surface area contributed by atoms with E-state index in [4.69, 9.17) is 4.43 Å². The molecule has 0 bridgehead atoms. The van der Waals surface area contributed by atoms with Crippen molar-refractivity contribution in [1.29, 1.82) is 0 Å². The van der Waals surface area contributed by atoms with Gasteiger partial charge < -0.3 is 4.43 Å². The molecule has 0 saturated heterocycles. The van der Waals surface area contributed by atoms with Crippen molar-refractivity contribution < 1.29 is 4.43 Å². The summed E-state index contributed by atoms with van der Waals surface area (Å²) in [6.45, 7) is 5.49. The first kappa shape index (κ1) is 12.0. The summed E-state index contributed by atoms with van der Waals surface area (Å²) in [6, 6.07) is 0. The molecule has 1 unspecified atom stereocenters. The Morgan fingerprint density at radius 1 is 1.29 bits per heavy atom. The summed E-state index contributed by atoms with van der Waals surface area (Å²) in [7, 11) is -0.758. The minimum atomic E-state index is -0.758. The Kier molecular flexibility index (Phi) is 6.20. The van der Waals surface area contributed by atoms with Gasteiger partial charge in [0.1, 0.15) is 0 Å². The molecular weight excluding hydrogens is 188 g/mol. The van der Waals surface area contributed by atoms with Crippen LogP contribution in [0.5, 0.6) is 0 Å². The van der Waals surface area contributed by atoms with Gasteiger partial charge in [0.2, 0.25) is 0 Å². The van der Waals surface area contributed by atoms with Gasteiger partial charge in [0.15, 0.2) is 9.04 Å². The zero-order chi connectivity index (χ0) is 10.2. The topological polar surface area (TPSA) is 9.23 Å². The van der Waals surface area contributed by atoms with Gasteiger partial charge in [-0.2, -0.15) is 0 Å². The van der Waals surface area contributed by atoms with E-state index in [2.05, 4.69) is 25.2 Å². The molecule has 0 saturated carbocycles. The number of allylic oxidation sites excluding steroid dienone is 2. The van der Waals surface area contributed by atoms with Crippen molar-refractivity contribution in [3.05, 3.63) is 12.2 Å². The highest BCUT2D eigenvalue weighted by Crippen LogP contribution is 2.23. The Balaban J connectivity index is 1.90. The normalized spacial score (nSPS) is 21.8. The summed E-state index contributed by atoms with van der Waals surface area (Å²) in [5.41, 5.74) is 0. The highest BCUT2D eigenvalue weighted by Gasteiger charge is 2.08. The van der Waals surface area contributed by atoms with Crippen molar-refractivity contribution in [3.63, 3.8) is 0 Å². The fraction of sp³-hybridized carbons (Fsp3) is 0.833. The molecule has 82 valence electrons. The smallest absolute Gasteiger partial charge is 0.170 e. The number of rotatable bonds is 6. The molecule has 14 heavy (non-hydrogen) atoms. The van der Waals surface area contributed by atoms with Crippen LogP contribution in [0.4, 0.5) is 0 Å². The summed E-state index contributed by atoms with van der Waals surface area (Å²) in [5.74, 6) is 0.969. The van der Waals surface area contributed by atoms with Crippen LogP contribution in [-0.4, -0.2) is 15.6 Å². The lowest BCUT2D eigenvalue weighted by Crippen LogP contribution is -2.09. The van der Waals surface area contributed by atoms with E-state index in [-0.39, 0.29) is 0 Å². The van der Waals surface area contributed by atoms with Crippen LogP contribution in [0.25, 0.3) is 0 Å². The van der Waals surface area contributed by atoms with Crippen LogP contribution >= 0.6 is 0 Å². The Morgan fingerprint density at radius 3 is 2.79 bits per heavy atom. The summed E-state index contributed by atoms with van der Waals surface area (Å²) >= 11 is 0. The molecule has 0 aliphatic heterocycles. The van der Waals surface area contributed by atoms with Crippen LogP contribution in [0.3, 0.4) is 0 Å². The van der Waals surface area contributed by atoms with E-state index in [1.165, 1.54) is 38.5 Å². The van der Waals surface area contributed by atoms with E-state index in [0.29, 0.717) is 0 Å². The third-order valence-corrected chi connectivity index (χ3v) is 3.74. The van der Waals surface area contributed by atoms with E-state index in [1.807, 2.05) is 0 Å². The lowest BCUT2D eigenvalue weighted by atomic mass is 9.90.